The Kier molecular flexibility index (Phi) is 28.3. The van der Waals surface area contributed by atoms with Gasteiger partial charge in [0.2, 0.25) is 0 Å². The largest absolute Gasteiger partial charge is 0 e. The predicted molar refractivity (Wildman–Crippen MR) is 19.6 cm³/mol. The summed E-state index contributed by atoms with van der Waals surface area (Å²) in [6, 6.07) is 0. The Hall–Kier alpha value is 2.74. The van der Waals surface area contributed by atoms with Gasteiger partial charge in [0.25, 0.3) is 0 Å². The van der Waals surface area contributed by atoms with Crippen LogP contribution in [-0.2, 0) is 22.4 Å². The van der Waals surface area contributed by atoms with Crippen molar-refractivity contribution in [2.75, 3.05) is 0 Å². The molecule has 0 heterocycles. The van der Waals surface area contributed by atoms with E-state index in [1.807, 2.05) is 0 Å². The molecule has 0 rings (SSSR count). The normalized spacial score (nSPS) is 4.50. The summed E-state index contributed by atoms with van der Waals surface area (Å²) < 4.78 is 0. The molecule has 0 unspecified atom stereocenters. The van der Waals surface area contributed by atoms with Crippen molar-refractivity contribution in [1.29, 1.82) is 0 Å². The minimum absolute atomic E-state index is 0. The molecule has 0 aliphatic carbocycles. The molecule has 3 nitrogen and oxygen atoms in total. The quantitative estimate of drug-likeness (QED) is 0.425. The van der Waals surface area contributed by atoms with Gasteiger partial charge in [-0.05, 0) is 0 Å². The van der Waals surface area contributed by atoms with Crippen LogP contribution >= 0.6 is 0 Å². The van der Waals surface area contributed by atoms with Gasteiger partial charge in [0.15, 0.2) is 0 Å². The van der Waals surface area contributed by atoms with Crippen LogP contribution in [0.2, 0.25) is 0 Å². The second kappa shape index (κ2) is 10.7. The Labute approximate surface area is 111 Å². The van der Waals surface area contributed by atoms with E-state index in [0.717, 1.165) is 0 Å². The van der Waals surface area contributed by atoms with Crippen LogP contribution in [0.1, 0.15) is 0 Å². The fourth-order valence-corrected chi connectivity index (χ4v) is 0. The van der Waals surface area contributed by atoms with E-state index in [9.17, 15) is 0 Å². The Morgan fingerprint density at radius 3 is 1.00 bits per heavy atom. The van der Waals surface area contributed by atoms with Crippen LogP contribution in [0.25, 0.3) is 0 Å². The van der Waals surface area contributed by atoms with E-state index in [2.05, 4.69) is 0 Å². The Morgan fingerprint density at radius 2 is 1.00 bits per heavy atom. The average Bonchev–Trinajstić information content (AvgIpc) is 0.811. The molecule has 0 aromatic rings. The first kappa shape index (κ1) is 15.9. The first-order valence-corrected chi connectivity index (χ1v) is 0.775. The summed E-state index contributed by atoms with van der Waals surface area (Å²) >= 11 is 0. The third-order valence-corrected chi connectivity index (χ3v) is 0. The van der Waals surface area contributed by atoms with Gasteiger partial charge in [-0.1, -0.05) is 0 Å². The SMILES string of the molecule is OB(O)O.[CsH].[Nb]. The van der Waals surface area contributed by atoms with Gasteiger partial charge >= 0.3 is 76.2 Å². The van der Waals surface area contributed by atoms with E-state index in [4.69, 9.17) is 15.1 Å². The summed E-state index contributed by atoms with van der Waals surface area (Å²) in [5, 5.41) is 21.5. The molecule has 1 radical (unpaired) electrons. The van der Waals surface area contributed by atoms with Crippen molar-refractivity contribution in [1.82, 2.24) is 0 Å². The molecule has 0 aromatic heterocycles. The zero-order valence-corrected chi connectivity index (χ0v) is 4.56. The van der Waals surface area contributed by atoms with Crippen LogP contribution in [0.3, 0.4) is 0 Å². The van der Waals surface area contributed by atoms with Gasteiger partial charge in [-0.3, -0.25) is 0 Å². The maximum atomic E-state index is 7.17. The second-order valence-corrected chi connectivity index (χ2v) is 0.346. The predicted octanol–water partition coefficient (Wildman–Crippen LogP) is -2.70. The fraction of sp³-hybridized carbons (Fsp3) is 0. The zero-order chi connectivity index (χ0) is 3.58. The van der Waals surface area contributed by atoms with Crippen LogP contribution in [0.4, 0.5) is 0 Å². The molecule has 6 heteroatoms. The van der Waals surface area contributed by atoms with Gasteiger partial charge in [-0.15, -0.1) is 0 Å². The van der Waals surface area contributed by atoms with E-state index in [1.165, 1.54) is 0 Å². The number of rotatable bonds is 0. The van der Waals surface area contributed by atoms with Crippen molar-refractivity contribution >= 4 is 76.2 Å². The van der Waals surface area contributed by atoms with E-state index >= 15 is 0 Å². The van der Waals surface area contributed by atoms with Crippen LogP contribution in [0.5, 0.6) is 0 Å². The molecular weight excluding hydrogens is 285 g/mol. The van der Waals surface area contributed by atoms with Gasteiger partial charge in [0.1, 0.15) is 0 Å². The first-order chi connectivity index (χ1) is 1.73. The molecule has 0 amide bonds. The third kappa shape index (κ3) is 29.6. The second-order valence-electron chi connectivity index (χ2n) is 0.346. The third-order valence-electron chi connectivity index (χ3n) is 0. The topological polar surface area (TPSA) is 60.7 Å². The molecule has 0 aliphatic rings. The molecule has 0 aliphatic heterocycles. The van der Waals surface area contributed by atoms with Crippen LogP contribution < -0.4 is 0 Å². The first-order valence-electron chi connectivity index (χ1n) is 0.775. The zero-order valence-electron chi connectivity index (χ0n) is 2.37. The molecule has 0 spiro atoms. The van der Waals surface area contributed by atoms with Gasteiger partial charge in [-0.25, -0.2) is 0 Å². The Morgan fingerprint density at radius 1 is 1.00 bits per heavy atom. The molecule has 6 heavy (non-hydrogen) atoms. The molecule has 0 saturated carbocycles. The van der Waals surface area contributed by atoms with Gasteiger partial charge in [0, 0.05) is 22.4 Å². The molecule has 0 saturated heterocycles. The van der Waals surface area contributed by atoms with E-state index < -0.39 is 7.32 Å². The van der Waals surface area contributed by atoms with Crippen molar-refractivity contribution in [2.45, 2.75) is 0 Å². The van der Waals surface area contributed by atoms with Crippen molar-refractivity contribution in [3.8, 4) is 0 Å². The van der Waals surface area contributed by atoms with Crippen LogP contribution in [0, 0.1) is 0 Å². The maximum absolute atomic E-state index is 7.17. The summed E-state index contributed by atoms with van der Waals surface area (Å²) in [6.07, 6.45) is 0. The standard InChI is InChI=1S/BH3O3.Cs.Nb.H/c2-1(3)4;;;/h2-4H;;;. The molecule has 0 aromatic carbocycles. The average molecular weight is 289 g/mol. The van der Waals surface area contributed by atoms with Crippen molar-refractivity contribution < 1.29 is 37.5 Å². The maximum Gasteiger partial charge on any atom is 0 e. The molecule has 0 fully saturated rings. The van der Waals surface area contributed by atoms with E-state index in [1.54, 1.807) is 0 Å². The van der Waals surface area contributed by atoms with Crippen molar-refractivity contribution in [3.63, 3.8) is 0 Å². The van der Waals surface area contributed by atoms with Gasteiger partial charge in [-0.2, -0.15) is 0 Å². The summed E-state index contributed by atoms with van der Waals surface area (Å²) in [5.41, 5.74) is 0. The fourth-order valence-electron chi connectivity index (χ4n) is 0. The summed E-state index contributed by atoms with van der Waals surface area (Å²) in [5.74, 6) is 0. The molecule has 31 valence electrons. The summed E-state index contributed by atoms with van der Waals surface area (Å²) in [4.78, 5) is 0. The monoisotopic (exact) mass is 289 g/mol. The van der Waals surface area contributed by atoms with Gasteiger partial charge in [0.05, 0.1) is 0 Å². The van der Waals surface area contributed by atoms with E-state index in [-0.39, 0.29) is 91.3 Å². The molecule has 0 atom stereocenters. The summed E-state index contributed by atoms with van der Waals surface area (Å²) in [7, 11) is -2.17. The number of hydrogen-bond acceptors (Lipinski definition) is 3. The van der Waals surface area contributed by atoms with Crippen LogP contribution in [0.15, 0.2) is 0 Å². The number of hydrogen-bond donors (Lipinski definition) is 3. The Bertz CT molecular complexity index is 15.5. The Balaban J connectivity index is -0.0000000450. The van der Waals surface area contributed by atoms with E-state index in [0.29, 0.717) is 0 Å². The molecule has 0 bridgehead atoms. The molecular formula is H4BCsNbO3. The smallest absolute Gasteiger partial charge is 0 e. The summed E-state index contributed by atoms with van der Waals surface area (Å²) in [6.45, 7) is 0. The minimum Gasteiger partial charge on any atom is 0 e. The van der Waals surface area contributed by atoms with Crippen molar-refractivity contribution in [3.05, 3.63) is 0 Å². The molecule has 3 N–H and O–H groups in total. The van der Waals surface area contributed by atoms with Gasteiger partial charge < -0.3 is 15.1 Å². The van der Waals surface area contributed by atoms with Crippen molar-refractivity contribution in [2.24, 2.45) is 0 Å². The minimum atomic E-state index is -2.17. The van der Waals surface area contributed by atoms with Crippen LogP contribution in [-0.4, -0.2) is 91.3 Å².